The van der Waals surface area contributed by atoms with Crippen molar-refractivity contribution in [2.24, 2.45) is 0 Å². The Hall–Kier alpha value is -2.40. The van der Waals surface area contributed by atoms with Crippen molar-refractivity contribution in [3.05, 3.63) is 70.4 Å². The fraction of sp³-hybridized carbons (Fsp3) is 0.167. The SMILES string of the molecule is Cc1c(C(F)(F)c2ccc(Cl)cc2)c2ccccc2n1CC(=O)O. The maximum atomic E-state index is 15.2. The molecule has 2 aromatic carbocycles. The second-order valence-electron chi connectivity index (χ2n) is 5.54. The van der Waals surface area contributed by atoms with E-state index in [1.165, 1.54) is 35.8 Å². The van der Waals surface area contributed by atoms with Crippen LogP contribution in [0, 0.1) is 6.92 Å². The Bertz CT molecular complexity index is 917. The number of alkyl halides is 2. The van der Waals surface area contributed by atoms with Gasteiger partial charge in [0.15, 0.2) is 0 Å². The van der Waals surface area contributed by atoms with Crippen molar-refractivity contribution >= 4 is 28.5 Å². The van der Waals surface area contributed by atoms with Crippen molar-refractivity contribution in [1.29, 1.82) is 0 Å². The van der Waals surface area contributed by atoms with Crippen molar-refractivity contribution in [2.45, 2.75) is 19.4 Å². The first-order chi connectivity index (χ1) is 11.3. The van der Waals surface area contributed by atoms with Crippen LogP contribution >= 0.6 is 11.6 Å². The van der Waals surface area contributed by atoms with Crippen LogP contribution < -0.4 is 0 Å². The van der Waals surface area contributed by atoms with Gasteiger partial charge in [-0.25, -0.2) is 0 Å². The monoisotopic (exact) mass is 349 g/mol. The summed E-state index contributed by atoms with van der Waals surface area (Å²) >= 11 is 5.78. The molecule has 3 rings (SSSR count). The molecule has 1 heterocycles. The molecule has 0 bridgehead atoms. The van der Waals surface area contributed by atoms with Gasteiger partial charge in [-0.15, -0.1) is 0 Å². The minimum Gasteiger partial charge on any atom is -0.480 e. The molecule has 0 saturated carbocycles. The Kier molecular flexibility index (Phi) is 4.05. The maximum Gasteiger partial charge on any atom is 0.323 e. The molecule has 0 aliphatic heterocycles. The van der Waals surface area contributed by atoms with E-state index in [9.17, 15) is 4.79 Å². The molecule has 1 N–H and O–H groups in total. The zero-order chi connectivity index (χ0) is 17.5. The Labute approximate surface area is 142 Å². The van der Waals surface area contributed by atoms with E-state index in [0.717, 1.165) is 0 Å². The van der Waals surface area contributed by atoms with Gasteiger partial charge in [-0.05, 0) is 25.1 Å². The van der Waals surface area contributed by atoms with Gasteiger partial charge in [-0.2, -0.15) is 8.78 Å². The summed E-state index contributed by atoms with van der Waals surface area (Å²) in [5.41, 5.74) is 0.342. The van der Waals surface area contributed by atoms with Gasteiger partial charge in [0, 0.05) is 27.2 Å². The van der Waals surface area contributed by atoms with Gasteiger partial charge >= 0.3 is 11.9 Å². The molecule has 0 aliphatic carbocycles. The van der Waals surface area contributed by atoms with Crippen LogP contribution in [0.4, 0.5) is 8.78 Å². The number of halogens is 3. The summed E-state index contributed by atoms with van der Waals surface area (Å²) in [6, 6.07) is 12.0. The van der Waals surface area contributed by atoms with E-state index < -0.39 is 11.9 Å². The Balaban J connectivity index is 2.27. The number of carboxylic acid groups (broad SMARTS) is 1. The highest BCUT2D eigenvalue weighted by Crippen LogP contribution is 2.42. The van der Waals surface area contributed by atoms with Gasteiger partial charge in [0.25, 0.3) is 0 Å². The zero-order valence-electron chi connectivity index (χ0n) is 12.8. The van der Waals surface area contributed by atoms with Crippen molar-refractivity contribution in [3.63, 3.8) is 0 Å². The molecular formula is C18H14ClF2NO2. The van der Waals surface area contributed by atoms with Crippen LogP contribution in [0.25, 0.3) is 10.9 Å². The summed E-state index contributed by atoms with van der Waals surface area (Å²) in [6.45, 7) is 1.14. The number of carbonyl (C=O) groups is 1. The molecule has 0 aliphatic rings. The molecule has 0 fully saturated rings. The number of hydrogen-bond acceptors (Lipinski definition) is 1. The number of nitrogens with zero attached hydrogens (tertiary/aromatic N) is 1. The normalized spacial score (nSPS) is 11.8. The van der Waals surface area contributed by atoms with E-state index >= 15 is 8.78 Å². The highest BCUT2D eigenvalue weighted by molar-refractivity contribution is 6.30. The van der Waals surface area contributed by atoms with Gasteiger partial charge < -0.3 is 9.67 Å². The van der Waals surface area contributed by atoms with Gasteiger partial charge in [0.05, 0.1) is 5.56 Å². The predicted octanol–water partition coefficient (Wildman–Crippen LogP) is 4.83. The first-order valence-corrected chi connectivity index (χ1v) is 7.64. The highest BCUT2D eigenvalue weighted by Gasteiger charge is 2.39. The predicted molar refractivity (Wildman–Crippen MR) is 88.8 cm³/mol. The maximum absolute atomic E-state index is 15.2. The molecule has 0 radical (unpaired) electrons. The average Bonchev–Trinajstić information content (AvgIpc) is 2.80. The number of rotatable bonds is 4. The third-order valence-corrected chi connectivity index (χ3v) is 4.30. The second-order valence-corrected chi connectivity index (χ2v) is 5.98. The van der Waals surface area contributed by atoms with Gasteiger partial charge in [0.2, 0.25) is 0 Å². The number of carboxylic acids is 1. The molecule has 0 amide bonds. The first kappa shape index (κ1) is 16.5. The minimum absolute atomic E-state index is 0.179. The number of aromatic nitrogens is 1. The molecular weight excluding hydrogens is 336 g/mol. The summed E-state index contributed by atoms with van der Waals surface area (Å²) in [5, 5.41) is 9.81. The third kappa shape index (κ3) is 2.65. The van der Waals surface area contributed by atoms with Gasteiger partial charge in [-0.1, -0.05) is 41.9 Å². The van der Waals surface area contributed by atoms with Crippen molar-refractivity contribution in [1.82, 2.24) is 4.57 Å². The summed E-state index contributed by atoms with van der Waals surface area (Å²) in [4.78, 5) is 11.1. The fourth-order valence-electron chi connectivity index (χ4n) is 2.97. The number of hydrogen-bond donors (Lipinski definition) is 1. The van der Waals surface area contributed by atoms with E-state index in [1.54, 1.807) is 24.3 Å². The van der Waals surface area contributed by atoms with E-state index in [2.05, 4.69) is 0 Å². The van der Waals surface area contributed by atoms with Crippen molar-refractivity contribution in [3.8, 4) is 0 Å². The smallest absolute Gasteiger partial charge is 0.323 e. The molecule has 0 saturated heterocycles. The molecule has 1 aromatic heterocycles. The minimum atomic E-state index is -3.27. The Morgan fingerprint density at radius 1 is 1.17 bits per heavy atom. The van der Waals surface area contributed by atoms with E-state index in [0.29, 0.717) is 15.9 Å². The van der Waals surface area contributed by atoms with Crippen LogP contribution in [0.5, 0.6) is 0 Å². The lowest BCUT2D eigenvalue weighted by atomic mass is 9.97. The molecule has 124 valence electrons. The summed E-state index contributed by atoms with van der Waals surface area (Å²) in [7, 11) is 0. The standard InChI is InChI=1S/C18H14ClF2NO2/c1-11-17(18(20,21)12-6-8-13(19)9-7-12)14-4-2-3-5-15(14)22(11)10-16(23)24/h2-9H,10H2,1H3,(H,23,24). The summed E-state index contributed by atoms with van der Waals surface area (Å²) in [5.74, 6) is -4.35. The average molecular weight is 350 g/mol. The number of aliphatic carboxylic acids is 1. The number of benzene rings is 2. The molecule has 0 atom stereocenters. The number of fused-ring (bicyclic) bond motifs is 1. The molecule has 3 aromatic rings. The van der Waals surface area contributed by atoms with E-state index in [4.69, 9.17) is 16.7 Å². The van der Waals surface area contributed by atoms with Crippen LogP contribution in [0.15, 0.2) is 48.5 Å². The Morgan fingerprint density at radius 3 is 2.42 bits per heavy atom. The lowest BCUT2D eigenvalue weighted by Gasteiger charge is -2.18. The molecule has 0 unspecified atom stereocenters. The second kappa shape index (κ2) is 5.91. The summed E-state index contributed by atoms with van der Waals surface area (Å²) < 4.78 is 31.7. The molecule has 24 heavy (non-hydrogen) atoms. The largest absolute Gasteiger partial charge is 0.480 e. The molecule has 6 heteroatoms. The van der Waals surface area contributed by atoms with E-state index in [-0.39, 0.29) is 23.4 Å². The van der Waals surface area contributed by atoms with Crippen LogP contribution in [-0.2, 0) is 17.3 Å². The zero-order valence-corrected chi connectivity index (χ0v) is 13.5. The highest BCUT2D eigenvalue weighted by atomic mass is 35.5. The third-order valence-electron chi connectivity index (χ3n) is 4.04. The fourth-order valence-corrected chi connectivity index (χ4v) is 3.10. The van der Waals surface area contributed by atoms with Crippen LogP contribution in [0.2, 0.25) is 5.02 Å². The quantitative estimate of drug-likeness (QED) is 0.733. The topological polar surface area (TPSA) is 42.2 Å². The van der Waals surface area contributed by atoms with Gasteiger partial charge in [-0.3, -0.25) is 4.79 Å². The number of para-hydroxylation sites is 1. The van der Waals surface area contributed by atoms with Gasteiger partial charge in [0.1, 0.15) is 6.54 Å². The van der Waals surface area contributed by atoms with E-state index in [1.807, 2.05) is 0 Å². The lowest BCUT2D eigenvalue weighted by Crippen LogP contribution is -2.17. The van der Waals surface area contributed by atoms with Crippen molar-refractivity contribution < 1.29 is 18.7 Å². The molecule has 3 nitrogen and oxygen atoms in total. The molecule has 0 spiro atoms. The van der Waals surface area contributed by atoms with Crippen LogP contribution in [-0.4, -0.2) is 15.6 Å². The van der Waals surface area contributed by atoms with Crippen molar-refractivity contribution in [2.75, 3.05) is 0 Å². The summed E-state index contributed by atoms with van der Waals surface area (Å²) in [6.07, 6.45) is 0. The lowest BCUT2D eigenvalue weighted by molar-refractivity contribution is -0.137. The Morgan fingerprint density at radius 2 is 1.79 bits per heavy atom. The van der Waals surface area contributed by atoms with Crippen LogP contribution in [0.1, 0.15) is 16.8 Å². The first-order valence-electron chi connectivity index (χ1n) is 7.26. The van der Waals surface area contributed by atoms with Crippen LogP contribution in [0.3, 0.4) is 0 Å².